The third kappa shape index (κ3) is 4.13. The number of carbonyl (C=O) groups excluding carboxylic acids is 1. The van der Waals surface area contributed by atoms with Gasteiger partial charge in [0.2, 0.25) is 5.91 Å². The molecule has 1 heterocycles. The molecule has 0 bridgehead atoms. The van der Waals surface area contributed by atoms with Gasteiger partial charge in [0.05, 0.1) is 6.04 Å². The van der Waals surface area contributed by atoms with Crippen LogP contribution in [0.4, 0.5) is 0 Å². The van der Waals surface area contributed by atoms with Gasteiger partial charge in [-0.3, -0.25) is 4.79 Å². The average molecular weight is 254 g/mol. The number of hydrogen-bond acceptors (Lipinski definition) is 3. The Morgan fingerprint density at radius 1 is 1.47 bits per heavy atom. The molecule has 1 aromatic heterocycles. The number of nitrogens with one attached hydrogen (secondary N) is 1. The largest absolute Gasteiger partial charge is 0.348 e. The molecule has 1 aromatic rings. The van der Waals surface area contributed by atoms with E-state index in [0.29, 0.717) is 12.5 Å². The molecule has 96 valence electrons. The highest BCUT2D eigenvalue weighted by Gasteiger charge is 2.21. The van der Waals surface area contributed by atoms with Gasteiger partial charge in [0.15, 0.2) is 0 Å². The summed E-state index contributed by atoms with van der Waals surface area (Å²) in [5.74, 6) is 0.478. The normalized spacial score (nSPS) is 14.6. The second-order valence-corrected chi connectivity index (χ2v) is 5.70. The lowest BCUT2D eigenvalue weighted by Crippen LogP contribution is -2.35. The van der Waals surface area contributed by atoms with E-state index in [1.54, 1.807) is 11.3 Å². The van der Waals surface area contributed by atoms with Crippen LogP contribution in [-0.4, -0.2) is 12.5 Å². The number of nitrogens with two attached hydrogens (primary N) is 1. The minimum atomic E-state index is -0.0128. The lowest BCUT2D eigenvalue weighted by Gasteiger charge is -2.23. The molecule has 2 atom stereocenters. The fourth-order valence-corrected chi connectivity index (χ4v) is 2.66. The Labute approximate surface area is 107 Å². The van der Waals surface area contributed by atoms with E-state index in [1.165, 1.54) is 4.88 Å². The molecule has 0 aliphatic heterocycles. The predicted octanol–water partition coefficient (Wildman–Crippen LogP) is 2.55. The zero-order valence-corrected chi connectivity index (χ0v) is 11.6. The van der Waals surface area contributed by atoms with Crippen molar-refractivity contribution in [2.75, 3.05) is 6.54 Å². The van der Waals surface area contributed by atoms with Gasteiger partial charge in [0.25, 0.3) is 0 Å². The summed E-state index contributed by atoms with van der Waals surface area (Å²) in [4.78, 5) is 13.2. The van der Waals surface area contributed by atoms with E-state index >= 15 is 0 Å². The quantitative estimate of drug-likeness (QED) is 0.819. The molecule has 0 spiro atoms. The van der Waals surface area contributed by atoms with E-state index in [4.69, 9.17) is 5.73 Å². The molecule has 3 nitrogen and oxygen atoms in total. The molecule has 0 saturated carbocycles. The molecule has 0 aliphatic rings. The number of thiophene rings is 1. The SMILES string of the molecule is CC(CCN)C(=O)NC(c1cccs1)C(C)C. The molecule has 0 aromatic carbocycles. The second kappa shape index (κ2) is 6.77. The van der Waals surface area contributed by atoms with Gasteiger partial charge in [0.1, 0.15) is 0 Å². The third-order valence-electron chi connectivity index (χ3n) is 2.86. The van der Waals surface area contributed by atoms with Crippen LogP contribution in [0.1, 0.15) is 38.1 Å². The zero-order chi connectivity index (χ0) is 12.8. The number of rotatable bonds is 6. The van der Waals surface area contributed by atoms with Crippen molar-refractivity contribution in [3.8, 4) is 0 Å². The van der Waals surface area contributed by atoms with Crippen LogP contribution in [0.5, 0.6) is 0 Å². The van der Waals surface area contributed by atoms with E-state index in [2.05, 4.69) is 25.2 Å². The monoisotopic (exact) mass is 254 g/mol. The zero-order valence-electron chi connectivity index (χ0n) is 10.8. The van der Waals surface area contributed by atoms with Gasteiger partial charge in [-0.05, 0) is 30.3 Å². The van der Waals surface area contributed by atoms with E-state index in [9.17, 15) is 4.79 Å². The first-order chi connectivity index (χ1) is 8.06. The van der Waals surface area contributed by atoms with E-state index in [0.717, 1.165) is 6.42 Å². The highest BCUT2D eigenvalue weighted by atomic mass is 32.1. The minimum Gasteiger partial charge on any atom is -0.348 e. The molecule has 0 saturated heterocycles. The van der Waals surface area contributed by atoms with Crippen LogP contribution in [0.25, 0.3) is 0 Å². The van der Waals surface area contributed by atoms with E-state index < -0.39 is 0 Å². The van der Waals surface area contributed by atoms with Crippen molar-refractivity contribution in [1.29, 1.82) is 0 Å². The smallest absolute Gasteiger partial charge is 0.223 e. The summed E-state index contributed by atoms with van der Waals surface area (Å²) >= 11 is 1.69. The number of amides is 1. The molecular formula is C13H22N2OS. The molecule has 3 N–H and O–H groups in total. The van der Waals surface area contributed by atoms with Crippen LogP contribution >= 0.6 is 11.3 Å². The Kier molecular flexibility index (Phi) is 5.65. The average Bonchev–Trinajstić information content (AvgIpc) is 2.78. The maximum atomic E-state index is 12.0. The summed E-state index contributed by atoms with van der Waals surface area (Å²) in [6, 6.07) is 4.20. The second-order valence-electron chi connectivity index (χ2n) is 4.72. The van der Waals surface area contributed by atoms with Gasteiger partial charge < -0.3 is 11.1 Å². The summed E-state index contributed by atoms with van der Waals surface area (Å²) in [7, 11) is 0. The first-order valence-electron chi connectivity index (χ1n) is 6.10. The first kappa shape index (κ1) is 14.2. The van der Waals surface area contributed by atoms with Gasteiger partial charge in [-0.1, -0.05) is 26.8 Å². The lowest BCUT2D eigenvalue weighted by molar-refractivity contribution is -0.125. The maximum absolute atomic E-state index is 12.0. The Hall–Kier alpha value is -0.870. The van der Waals surface area contributed by atoms with Crippen molar-refractivity contribution < 1.29 is 4.79 Å². The van der Waals surface area contributed by atoms with Gasteiger partial charge in [0, 0.05) is 10.8 Å². The van der Waals surface area contributed by atoms with Crippen LogP contribution in [0.3, 0.4) is 0 Å². The lowest BCUT2D eigenvalue weighted by atomic mass is 10.0. The minimum absolute atomic E-state index is 0.0128. The van der Waals surface area contributed by atoms with Crippen LogP contribution < -0.4 is 11.1 Å². The summed E-state index contributed by atoms with van der Waals surface area (Å²) in [5.41, 5.74) is 5.47. The van der Waals surface area contributed by atoms with Crippen molar-refractivity contribution in [3.63, 3.8) is 0 Å². The first-order valence-corrected chi connectivity index (χ1v) is 6.98. The predicted molar refractivity (Wildman–Crippen MR) is 72.9 cm³/mol. The Balaban J connectivity index is 2.65. The standard InChI is InChI=1S/C13H22N2OS/c1-9(2)12(11-5-4-8-17-11)15-13(16)10(3)6-7-14/h4-5,8-10,12H,6-7,14H2,1-3H3,(H,15,16). The third-order valence-corrected chi connectivity index (χ3v) is 3.82. The highest BCUT2D eigenvalue weighted by Crippen LogP contribution is 2.26. The molecule has 1 amide bonds. The Bertz CT molecular complexity index is 335. The fraction of sp³-hybridized carbons (Fsp3) is 0.615. The van der Waals surface area contributed by atoms with Crippen molar-refractivity contribution in [3.05, 3.63) is 22.4 Å². The molecule has 4 heteroatoms. The van der Waals surface area contributed by atoms with Crippen LogP contribution in [-0.2, 0) is 4.79 Å². The molecule has 0 radical (unpaired) electrons. The van der Waals surface area contributed by atoms with E-state index in [1.807, 2.05) is 18.4 Å². The van der Waals surface area contributed by atoms with Gasteiger partial charge in [-0.15, -0.1) is 11.3 Å². The highest BCUT2D eigenvalue weighted by molar-refractivity contribution is 7.10. The van der Waals surface area contributed by atoms with Gasteiger partial charge in [-0.2, -0.15) is 0 Å². The molecule has 1 rings (SSSR count). The van der Waals surface area contributed by atoms with Crippen LogP contribution in [0.2, 0.25) is 0 Å². The molecule has 2 unspecified atom stereocenters. The van der Waals surface area contributed by atoms with Crippen LogP contribution in [0, 0.1) is 11.8 Å². The van der Waals surface area contributed by atoms with Gasteiger partial charge in [-0.25, -0.2) is 0 Å². The summed E-state index contributed by atoms with van der Waals surface area (Å²) in [5, 5.41) is 5.16. The van der Waals surface area contributed by atoms with Crippen LogP contribution in [0.15, 0.2) is 17.5 Å². The fourth-order valence-electron chi connectivity index (χ4n) is 1.71. The Morgan fingerprint density at radius 2 is 2.18 bits per heavy atom. The number of hydrogen-bond donors (Lipinski definition) is 2. The number of carbonyl (C=O) groups is 1. The Morgan fingerprint density at radius 3 is 2.65 bits per heavy atom. The summed E-state index contributed by atoms with van der Waals surface area (Å²) in [6.45, 7) is 6.73. The maximum Gasteiger partial charge on any atom is 0.223 e. The summed E-state index contributed by atoms with van der Waals surface area (Å²) in [6.07, 6.45) is 0.737. The molecule has 0 fully saturated rings. The molecule has 0 aliphatic carbocycles. The van der Waals surface area contributed by atoms with Gasteiger partial charge >= 0.3 is 0 Å². The molecule has 17 heavy (non-hydrogen) atoms. The summed E-state index contributed by atoms with van der Waals surface area (Å²) < 4.78 is 0. The van der Waals surface area contributed by atoms with Crippen molar-refractivity contribution in [2.45, 2.75) is 33.2 Å². The van der Waals surface area contributed by atoms with E-state index in [-0.39, 0.29) is 17.9 Å². The topological polar surface area (TPSA) is 55.1 Å². The van der Waals surface area contributed by atoms with Crippen molar-refractivity contribution in [1.82, 2.24) is 5.32 Å². The van der Waals surface area contributed by atoms with Crippen molar-refractivity contribution in [2.24, 2.45) is 17.6 Å². The molecular weight excluding hydrogens is 232 g/mol. The van der Waals surface area contributed by atoms with Crippen molar-refractivity contribution >= 4 is 17.2 Å².